The van der Waals surface area contributed by atoms with Crippen molar-refractivity contribution in [3.8, 4) is 5.75 Å². The second kappa shape index (κ2) is 7.08. The number of hydrogen-bond acceptors (Lipinski definition) is 5. The van der Waals surface area contributed by atoms with Gasteiger partial charge in [0.15, 0.2) is 11.6 Å². The lowest BCUT2D eigenvalue weighted by Crippen LogP contribution is -2.34. The van der Waals surface area contributed by atoms with Crippen LogP contribution in [-0.2, 0) is 14.3 Å². The van der Waals surface area contributed by atoms with E-state index in [1.807, 2.05) is 6.92 Å². The van der Waals surface area contributed by atoms with Crippen molar-refractivity contribution in [3.05, 3.63) is 59.9 Å². The molecule has 0 aliphatic carbocycles. The zero-order valence-electron chi connectivity index (χ0n) is 12.6. The average Bonchev–Trinajstić information content (AvgIpc) is 2.49. The monoisotopic (exact) mass is 340 g/mol. The Hall–Kier alpha value is -1.96. The predicted molar refractivity (Wildman–Crippen MR) is 81.9 cm³/mol. The number of halogens is 1. The molecule has 0 amide bonds. The zero-order chi connectivity index (χ0) is 17.0. The van der Waals surface area contributed by atoms with Gasteiger partial charge in [0.05, 0.1) is 4.90 Å². The second-order valence-corrected chi connectivity index (χ2v) is 6.59. The van der Waals surface area contributed by atoms with Gasteiger partial charge >= 0.3 is 0 Å². The van der Waals surface area contributed by atoms with Crippen molar-refractivity contribution in [1.29, 1.82) is 0 Å². The zero-order valence-corrected chi connectivity index (χ0v) is 13.5. The van der Waals surface area contributed by atoms with Crippen LogP contribution in [0.1, 0.15) is 12.5 Å². The minimum absolute atomic E-state index is 0.0779. The van der Waals surface area contributed by atoms with Gasteiger partial charge in [-0.3, -0.25) is 0 Å². The molecule has 0 bridgehead atoms. The molecular weight excluding hydrogens is 323 g/mol. The summed E-state index contributed by atoms with van der Waals surface area (Å²) in [6.07, 6.45) is -2.87. The van der Waals surface area contributed by atoms with E-state index in [1.54, 1.807) is 12.1 Å². The predicted octanol–water partition coefficient (Wildman–Crippen LogP) is 2.63. The maximum Gasteiger partial charge on any atom is 0.300 e. The SMILES string of the molecule is Cc1ccc(S(=O)(=O)OC(Oc2ccccc2F)[C@@H](C)O)cc1. The highest BCUT2D eigenvalue weighted by Crippen LogP contribution is 2.22. The molecule has 0 aliphatic rings. The molecule has 0 saturated carbocycles. The fourth-order valence-electron chi connectivity index (χ4n) is 1.75. The minimum Gasteiger partial charge on any atom is -0.458 e. The van der Waals surface area contributed by atoms with Gasteiger partial charge < -0.3 is 9.84 Å². The lowest BCUT2D eigenvalue weighted by Gasteiger charge is -2.21. The van der Waals surface area contributed by atoms with Crippen LogP contribution in [-0.4, -0.2) is 25.9 Å². The first-order valence-corrected chi connectivity index (χ1v) is 8.29. The Balaban J connectivity index is 2.22. The molecule has 5 nitrogen and oxygen atoms in total. The highest BCUT2D eigenvalue weighted by molar-refractivity contribution is 7.86. The first-order valence-electron chi connectivity index (χ1n) is 6.89. The Bertz CT molecular complexity index is 756. The van der Waals surface area contributed by atoms with Crippen molar-refractivity contribution in [2.75, 3.05) is 0 Å². The Morgan fingerprint density at radius 3 is 2.26 bits per heavy atom. The summed E-state index contributed by atoms with van der Waals surface area (Å²) in [4.78, 5) is -0.0779. The summed E-state index contributed by atoms with van der Waals surface area (Å²) in [7, 11) is -4.16. The van der Waals surface area contributed by atoms with Crippen molar-refractivity contribution in [3.63, 3.8) is 0 Å². The fourth-order valence-corrected chi connectivity index (χ4v) is 2.78. The van der Waals surface area contributed by atoms with Gasteiger partial charge in [0, 0.05) is 0 Å². The maximum atomic E-state index is 13.6. The number of aliphatic hydroxyl groups is 1. The summed E-state index contributed by atoms with van der Waals surface area (Å²) >= 11 is 0. The van der Waals surface area contributed by atoms with E-state index in [2.05, 4.69) is 0 Å². The van der Waals surface area contributed by atoms with Gasteiger partial charge in [-0.1, -0.05) is 29.8 Å². The van der Waals surface area contributed by atoms with E-state index in [1.165, 1.54) is 37.3 Å². The van der Waals surface area contributed by atoms with Gasteiger partial charge in [0.1, 0.15) is 6.10 Å². The molecule has 0 heterocycles. The van der Waals surface area contributed by atoms with E-state index in [0.29, 0.717) is 0 Å². The number of aliphatic hydroxyl groups excluding tert-OH is 1. The fraction of sp³-hybridized carbons (Fsp3) is 0.250. The van der Waals surface area contributed by atoms with Gasteiger partial charge in [-0.05, 0) is 38.1 Å². The van der Waals surface area contributed by atoms with Crippen LogP contribution >= 0.6 is 0 Å². The van der Waals surface area contributed by atoms with E-state index < -0.39 is 28.3 Å². The van der Waals surface area contributed by atoms with Crippen LogP contribution in [0.4, 0.5) is 4.39 Å². The first kappa shape index (κ1) is 17.4. The molecule has 1 unspecified atom stereocenters. The molecule has 1 N–H and O–H groups in total. The molecular formula is C16H17FO5S. The van der Waals surface area contributed by atoms with E-state index in [-0.39, 0.29) is 10.6 Å². The second-order valence-electron chi connectivity index (χ2n) is 5.02. The highest BCUT2D eigenvalue weighted by Gasteiger charge is 2.27. The molecule has 2 aromatic carbocycles. The average molecular weight is 340 g/mol. The van der Waals surface area contributed by atoms with Crippen LogP contribution in [0.5, 0.6) is 5.75 Å². The Kier molecular flexibility index (Phi) is 5.35. The minimum atomic E-state index is -4.16. The Labute approximate surface area is 134 Å². The molecule has 0 aromatic heterocycles. The van der Waals surface area contributed by atoms with Crippen LogP contribution in [0.2, 0.25) is 0 Å². The largest absolute Gasteiger partial charge is 0.458 e. The molecule has 7 heteroatoms. The molecule has 2 aromatic rings. The van der Waals surface area contributed by atoms with Crippen molar-refractivity contribution >= 4 is 10.1 Å². The number of ether oxygens (including phenoxy) is 1. The van der Waals surface area contributed by atoms with Crippen LogP contribution in [0, 0.1) is 12.7 Å². The molecule has 23 heavy (non-hydrogen) atoms. The summed E-state index contributed by atoms with van der Waals surface area (Å²) in [6, 6.07) is 11.4. The van der Waals surface area contributed by atoms with Crippen molar-refractivity contribution in [1.82, 2.24) is 0 Å². The summed E-state index contributed by atoms with van der Waals surface area (Å²) < 4.78 is 48.1. The quantitative estimate of drug-likeness (QED) is 0.646. The number of benzene rings is 2. The highest BCUT2D eigenvalue weighted by atomic mass is 32.2. The molecule has 124 valence electrons. The van der Waals surface area contributed by atoms with E-state index in [0.717, 1.165) is 11.6 Å². The molecule has 0 aliphatic heterocycles. The normalized spacial score (nSPS) is 14.3. The van der Waals surface area contributed by atoms with Crippen molar-refractivity contribution < 1.29 is 26.8 Å². The van der Waals surface area contributed by atoms with Crippen LogP contribution in [0.25, 0.3) is 0 Å². The Morgan fingerprint density at radius 2 is 1.70 bits per heavy atom. The van der Waals surface area contributed by atoms with Crippen molar-refractivity contribution in [2.24, 2.45) is 0 Å². The van der Waals surface area contributed by atoms with Gasteiger partial charge in [-0.2, -0.15) is 8.42 Å². The smallest absolute Gasteiger partial charge is 0.300 e. The lowest BCUT2D eigenvalue weighted by atomic mass is 10.2. The van der Waals surface area contributed by atoms with Gasteiger partial charge in [0.2, 0.25) is 6.29 Å². The van der Waals surface area contributed by atoms with E-state index in [4.69, 9.17) is 8.92 Å². The van der Waals surface area contributed by atoms with Gasteiger partial charge in [0.25, 0.3) is 10.1 Å². The van der Waals surface area contributed by atoms with Crippen LogP contribution < -0.4 is 4.74 Å². The molecule has 0 radical (unpaired) electrons. The topological polar surface area (TPSA) is 72.8 Å². The Morgan fingerprint density at radius 1 is 1.09 bits per heavy atom. The summed E-state index contributed by atoms with van der Waals surface area (Å²) in [5.41, 5.74) is 0.888. The van der Waals surface area contributed by atoms with Crippen LogP contribution in [0.15, 0.2) is 53.4 Å². The van der Waals surface area contributed by atoms with Crippen LogP contribution in [0.3, 0.4) is 0 Å². The third kappa shape index (κ3) is 4.51. The number of para-hydroxylation sites is 1. The first-order chi connectivity index (χ1) is 10.8. The number of hydrogen-bond donors (Lipinski definition) is 1. The van der Waals surface area contributed by atoms with Gasteiger partial charge in [-0.25, -0.2) is 8.57 Å². The maximum absolute atomic E-state index is 13.6. The standard InChI is InChI=1S/C16H17FO5S/c1-11-7-9-13(10-8-11)23(19,20)22-16(12(2)18)21-15-6-4-3-5-14(15)17/h3-10,12,16,18H,1-2H3/t12-,16?/m1/s1. The van der Waals surface area contributed by atoms with Crippen molar-refractivity contribution in [2.45, 2.75) is 31.1 Å². The molecule has 2 atom stereocenters. The number of rotatable bonds is 6. The molecule has 0 saturated heterocycles. The molecule has 0 fully saturated rings. The number of aryl methyl sites for hydroxylation is 1. The van der Waals surface area contributed by atoms with Gasteiger partial charge in [-0.15, -0.1) is 0 Å². The summed E-state index contributed by atoms with van der Waals surface area (Å²) in [5.74, 6) is -0.896. The lowest BCUT2D eigenvalue weighted by molar-refractivity contribution is -0.0757. The third-order valence-electron chi connectivity index (χ3n) is 3.00. The van der Waals surface area contributed by atoms with E-state index >= 15 is 0 Å². The molecule has 0 spiro atoms. The summed E-state index contributed by atoms with van der Waals surface area (Å²) in [5, 5.41) is 9.68. The third-order valence-corrected chi connectivity index (χ3v) is 4.30. The van der Waals surface area contributed by atoms with E-state index in [9.17, 15) is 17.9 Å². The summed E-state index contributed by atoms with van der Waals surface area (Å²) in [6.45, 7) is 3.10. The molecule has 2 rings (SSSR count).